The van der Waals surface area contributed by atoms with Crippen molar-refractivity contribution in [1.29, 1.82) is 0 Å². The molecule has 1 aromatic carbocycles. The van der Waals surface area contributed by atoms with Gasteiger partial charge in [-0.25, -0.2) is 0 Å². The van der Waals surface area contributed by atoms with Crippen LogP contribution in [0.5, 0.6) is 0 Å². The highest BCUT2D eigenvalue weighted by Crippen LogP contribution is 2.33. The number of nitrogens with zero attached hydrogens (tertiary/aromatic N) is 1. The molecule has 1 heterocycles. The number of benzene rings is 1. The van der Waals surface area contributed by atoms with E-state index >= 15 is 0 Å². The zero-order valence-corrected chi connectivity index (χ0v) is 14.0. The molecule has 0 amide bonds. The Bertz CT molecular complexity index is 452. The van der Waals surface area contributed by atoms with Crippen LogP contribution in [-0.2, 0) is 6.42 Å². The van der Waals surface area contributed by atoms with E-state index in [1.165, 1.54) is 67.5 Å². The van der Waals surface area contributed by atoms with Crippen LogP contribution in [0.2, 0.25) is 0 Å². The fourth-order valence-electron chi connectivity index (χ4n) is 3.61. The molecule has 1 aromatic rings. The van der Waals surface area contributed by atoms with Gasteiger partial charge in [0, 0.05) is 10.5 Å². The smallest absolute Gasteiger partial charge is 0.0326 e. The number of fused-ring (bicyclic) bond motifs is 1. The number of piperidine rings is 1. The van der Waals surface area contributed by atoms with Crippen molar-refractivity contribution < 1.29 is 0 Å². The van der Waals surface area contributed by atoms with Gasteiger partial charge in [-0.3, -0.25) is 0 Å². The maximum absolute atomic E-state index is 3.83. The van der Waals surface area contributed by atoms with Crippen LogP contribution >= 0.6 is 15.9 Å². The predicted octanol–water partition coefficient (Wildman–Crippen LogP) is 3.76. The van der Waals surface area contributed by atoms with Crippen LogP contribution < -0.4 is 5.32 Å². The largest absolute Gasteiger partial charge is 0.310 e. The van der Waals surface area contributed by atoms with Gasteiger partial charge in [0.1, 0.15) is 0 Å². The lowest BCUT2D eigenvalue weighted by Gasteiger charge is -2.31. The van der Waals surface area contributed by atoms with Crippen LogP contribution in [0.25, 0.3) is 0 Å². The first-order valence-corrected chi connectivity index (χ1v) is 8.79. The third-order valence-corrected chi connectivity index (χ3v) is 5.48. The van der Waals surface area contributed by atoms with E-state index in [0.29, 0.717) is 6.04 Å². The zero-order chi connectivity index (χ0) is 13.9. The Balaban J connectivity index is 1.51. The number of halogens is 1. The standard InChI is InChI=1S/C17H25BrN2/c1-2-20-9-7-13(8-10-20)12-19-17-6-3-14-11-15(18)4-5-16(14)17/h4-5,11,13,17,19H,2-3,6-10,12H2,1H3. The molecule has 0 aromatic heterocycles. The first kappa shape index (κ1) is 14.6. The van der Waals surface area contributed by atoms with Gasteiger partial charge in [-0.05, 0) is 81.0 Å². The van der Waals surface area contributed by atoms with Gasteiger partial charge in [0.25, 0.3) is 0 Å². The van der Waals surface area contributed by atoms with E-state index < -0.39 is 0 Å². The molecule has 2 aliphatic rings. The third kappa shape index (κ3) is 3.26. The van der Waals surface area contributed by atoms with Gasteiger partial charge in [-0.15, -0.1) is 0 Å². The summed E-state index contributed by atoms with van der Waals surface area (Å²) in [5.74, 6) is 0.872. The monoisotopic (exact) mass is 336 g/mol. The van der Waals surface area contributed by atoms with E-state index in [9.17, 15) is 0 Å². The number of likely N-dealkylation sites (tertiary alicyclic amines) is 1. The lowest BCUT2D eigenvalue weighted by molar-refractivity contribution is 0.187. The molecule has 1 saturated heterocycles. The summed E-state index contributed by atoms with van der Waals surface area (Å²) < 4.78 is 1.21. The van der Waals surface area contributed by atoms with Gasteiger partial charge in [0.05, 0.1) is 0 Å². The Morgan fingerprint density at radius 3 is 2.80 bits per heavy atom. The van der Waals surface area contributed by atoms with Crippen LogP contribution in [0.3, 0.4) is 0 Å². The van der Waals surface area contributed by atoms with Crippen molar-refractivity contribution in [2.24, 2.45) is 5.92 Å². The van der Waals surface area contributed by atoms with Gasteiger partial charge < -0.3 is 10.2 Å². The molecule has 1 atom stereocenters. The average molecular weight is 337 g/mol. The highest BCUT2D eigenvalue weighted by Gasteiger charge is 2.24. The molecule has 0 spiro atoms. The maximum Gasteiger partial charge on any atom is 0.0326 e. The van der Waals surface area contributed by atoms with Gasteiger partial charge in [0.2, 0.25) is 0 Å². The minimum atomic E-state index is 0.585. The second-order valence-corrected chi connectivity index (χ2v) is 7.14. The Kier molecular flexibility index (Phi) is 4.79. The molecule has 0 saturated carbocycles. The van der Waals surface area contributed by atoms with Crippen LogP contribution in [0.4, 0.5) is 0 Å². The summed E-state index contributed by atoms with van der Waals surface area (Å²) in [6.07, 6.45) is 5.21. The van der Waals surface area contributed by atoms with Gasteiger partial charge in [-0.2, -0.15) is 0 Å². The van der Waals surface area contributed by atoms with E-state index in [4.69, 9.17) is 0 Å². The van der Waals surface area contributed by atoms with E-state index in [1.807, 2.05) is 0 Å². The van der Waals surface area contributed by atoms with Crippen molar-refractivity contribution in [3.8, 4) is 0 Å². The molecule has 1 aliphatic carbocycles. The summed E-state index contributed by atoms with van der Waals surface area (Å²) in [6, 6.07) is 7.35. The maximum atomic E-state index is 3.83. The number of aryl methyl sites for hydroxylation is 1. The Hall–Kier alpha value is -0.380. The normalized spacial score (nSPS) is 24.0. The van der Waals surface area contributed by atoms with Crippen molar-refractivity contribution in [2.75, 3.05) is 26.2 Å². The topological polar surface area (TPSA) is 15.3 Å². The first-order valence-electron chi connectivity index (χ1n) is 8.00. The van der Waals surface area contributed by atoms with E-state index in [1.54, 1.807) is 0 Å². The predicted molar refractivity (Wildman–Crippen MR) is 88.0 cm³/mol. The number of hydrogen-bond acceptors (Lipinski definition) is 2. The minimum absolute atomic E-state index is 0.585. The summed E-state index contributed by atoms with van der Waals surface area (Å²) in [7, 11) is 0. The molecule has 0 radical (unpaired) electrons. The molecule has 1 aliphatic heterocycles. The van der Waals surface area contributed by atoms with Crippen molar-refractivity contribution in [3.05, 3.63) is 33.8 Å². The summed E-state index contributed by atoms with van der Waals surface area (Å²) in [5, 5.41) is 3.83. The molecular formula is C17H25BrN2. The van der Waals surface area contributed by atoms with Crippen LogP contribution in [0.15, 0.2) is 22.7 Å². The number of rotatable bonds is 4. The highest BCUT2D eigenvalue weighted by atomic mass is 79.9. The zero-order valence-electron chi connectivity index (χ0n) is 12.4. The third-order valence-electron chi connectivity index (χ3n) is 4.99. The van der Waals surface area contributed by atoms with Gasteiger partial charge >= 0.3 is 0 Å². The molecule has 1 N–H and O–H groups in total. The molecule has 2 nitrogen and oxygen atoms in total. The molecule has 1 unspecified atom stereocenters. The van der Waals surface area contributed by atoms with E-state index in [0.717, 1.165) is 5.92 Å². The summed E-state index contributed by atoms with van der Waals surface area (Å²) in [5.41, 5.74) is 3.05. The first-order chi connectivity index (χ1) is 9.76. The fourth-order valence-corrected chi connectivity index (χ4v) is 4.02. The van der Waals surface area contributed by atoms with Crippen molar-refractivity contribution in [2.45, 2.75) is 38.6 Å². The molecule has 20 heavy (non-hydrogen) atoms. The Labute approximate surface area is 131 Å². The SMILES string of the molecule is CCN1CCC(CNC2CCc3cc(Br)ccc32)CC1. The van der Waals surface area contributed by atoms with Crippen LogP contribution in [0.1, 0.15) is 43.4 Å². The molecule has 0 bridgehead atoms. The van der Waals surface area contributed by atoms with Crippen molar-refractivity contribution in [1.82, 2.24) is 10.2 Å². The second-order valence-electron chi connectivity index (χ2n) is 6.22. The van der Waals surface area contributed by atoms with Crippen molar-refractivity contribution in [3.63, 3.8) is 0 Å². The quantitative estimate of drug-likeness (QED) is 0.900. The van der Waals surface area contributed by atoms with Crippen LogP contribution in [-0.4, -0.2) is 31.1 Å². The fraction of sp³-hybridized carbons (Fsp3) is 0.647. The summed E-state index contributed by atoms with van der Waals surface area (Å²) in [6.45, 7) is 7.25. The summed E-state index contributed by atoms with van der Waals surface area (Å²) >= 11 is 3.57. The Morgan fingerprint density at radius 2 is 2.05 bits per heavy atom. The van der Waals surface area contributed by atoms with Crippen molar-refractivity contribution >= 4 is 15.9 Å². The van der Waals surface area contributed by atoms with Gasteiger partial charge in [0.15, 0.2) is 0 Å². The van der Waals surface area contributed by atoms with Crippen LogP contribution in [0, 0.1) is 5.92 Å². The lowest BCUT2D eigenvalue weighted by Crippen LogP contribution is -2.37. The summed E-state index contributed by atoms with van der Waals surface area (Å²) in [4.78, 5) is 2.57. The minimum Gasteiger partial charge on any atom is -0.310 e. The van der Waals surface area contributed by atoms with Gasteiger partial charge in [-0.1, -0.05) is 28.9 Å². The lowest BCUT2D eigenvalue weighted by atomic mass is 9.96. The van der Waals surface area contributed by atoms with E-state index in [2.05, 4.69) is 51.3 Å². The molecular weight excluding hydrogens is 312 g/mol. The highest BCUT2D eigenvalue weighted by molar-refractivity contribution is 9.10. The number of hydrogen-bond donors (Lipinski definition) is 1. The number of nitrogens with one attached hydrogen (secondary N) is 1. The molecule has 3 rings (SSSR count). The molecule has 110 valence electrons. The Morgan fingerprint density at radius 1 is 1.25 bits per heavy atom. The average Bonchev–Trinajstić information content (AvgIpc) is 2.88. The van der Waals surface area contributed by atoms with E-state index in [-0.39, 0.29) is 0 Å². The molecule has 3 heteroatoms. The second kappa shape index (κ2) is 6.59. The molecule has 1 fully saturated rings.